The summed E-state index contributed by atoms with van der Waals surface area (Å²) in [5.74, 6) is -0.0456. The predicted molar refractivity (Wildman–Crippen MR) is 103 cm³/mol. The van der Waals surface area contributed by atoms with E-state index >= 15 is 0 Å². The fourth-order valence-electron chi connectivity index (χ4n) is 4.66. The molecule has 5 rings (SSSR count). The van der Waals surface area contributed by atoms with Gasteiger partial charge in [-0.3, -0.25) is 5.32 Å². The molecule has 12 heteroatoms. The average Bonchev–Trinajstić information content (AvgIpc) is 3.00. The Labute approximate surface area is 179 Å². The molecule has 2 fully saturated rings. The van der Waals surface area contributed by atoms with E-state index in [1.165, 1.54) is 12.3 Å². The molecule has 7 nitrogen and oxygen atoms in total. The number of amides is 1. The first-order chi connectivity index (χ1) is 15.2. The van der Waals surface area contributed by atoms with Crippen LogP contribution in [0.3, 0.4) is 0 Å². The minimum absolute atomic E-state index is 0.000345. The maximum absolute atomic E-state index is 13.8. The van der Waals surface area contributed by atoms with Crippen molar-refractivity contribution in [2.45, 2.75) is 43.6 Å². The number of rotatable bonds is 3. The number of carbonyl (C=O) groups excluding carboxylic acids is 1. The largest absolute Gasteiger partial charge is 0.435 e. The fourth-order valence-corrected chi connectivity index (χ4v) is 4.66. The molecule has 0 radical (unpaired) electrons. The number of ether oxygens (including phenoxy) is 1. The van der Waals surface area contributed by atoms with Crippen LogP contribution in [0.2, 0.25) is 0 Å². The van der Waals surface area contributed by atoms with Crippen molar-refractivity contribution in [2.24, 2.45) is 0 Å². The number of pyridine rings is 2. The second-order valence-electron chi connectivity index (χ2n) is 7.95. The molecular weight excluding hydrogens is 437 g/mol. The van der Waals surface area contributed by atoms with Crippen molar-refractivity contribution in [1.29, 1.82) is 0 Å². The van der Waals surface area contributed by atoms with Gasteiger partial charge in [-0.1, -0.05) is 0 Å². The molecule has 2 aromatic heterocycles. The van der Waals surface area contributed by atoms with E-state index < -0.39 is 30.4 Å². The van der Waals surface area contributed by atoms with E-state index in [1.807, 2.05) is 4.90 Å². The third-order valence-electron chi connectivity index (χ3n) is 6.02. The van der Waals surface area contributed by atoms with Crippen LogP contribution in [-0.2, 0) is 10.9 Å². The summed E-state index contributed by atoms with van der Waals surface area (Å²) in [4.78, 5) is 21.9. The van der Waals surface area contributed by atoms with Gasteiger partial charge in [0.1, 0.15) is 11.6 Å². The molecule has 32 heavy (non-hydrogen) atoms. The van der Waals surface area contributed by atoms with Gasteiger partial charge in [0.25, 0.3) is 6.43 Å². The maximum Gasteiger partial charge on any atom is 0.416 e. The van der Waals surface area contributed by atoms with Gasteiger partial charge in [0.05, 0.1) is 16.8 Å². The Balaban J connectivity index is 1.68. The Morgan fingerprint density at radius 1 is 1.16 bits per heavy atom. The minimum atomic E-state index is -4.67. The molecule has 0 aromatic carbocycles. The first-order valence-corrected chi connectivity index (χ1v) is 10.1. The van der Waals surface area contributed by atoms with Gasteiger partial charge in [-0.2, -0.15) is 13.2 Å². The van der Waals surface area contributed by atoms with Crippen molar-refractivity contribution in [3.63, 3.8) is 0 Å². The summed E-state index contributed by atoms with van der Waals surface area (Å²) in [6.45, 7) is 1.25. The number of cyclic esters (lactones) is 1. The van der Waals surface area contributed by atoms with Gasteiger partial charge in [-0.05, 0) is 31.0 Å². The van der Waals surface area contributed by atoms with Gasteiger partial charge >= 0.3 is 12.3 Å². The third kappa shape index (κ3) is 3.51. The molecule has 2 unspecified atom stereocenters. The fraction of sp³-hybridized carbons (Fsp3) is 0.450. The highest BCUT2D eigenvalue weighted by Crippen LogP contribution is 2.43. The maximum atomic E-state index is 13.8. The zero-order valence-corrected chi connectivity index (χ0v) is 16.5. The molecule has 5 heterocycles. The van der Waals surface area contributed by atoms with Crippen molar-refractivity contribution in [2.75, 3.05) is 23.3 Å². The lowest BCUT2D eigenvalue weighted by atomic mass is 9.98. The van der Waals surface area contributed by atoms with E-state index in [0.717, 1.165) is 25.0 Å². The van der Waals surface area contributed by atoms with Gasteiger partial charge in [-0.25, -0.2) is 23.5 Å². The van der Waals surface area contributed by atoms with Crippen LogP contribution < -0.4 is 15.5 Å². The van der Waals surface area contributed by atoms with Crippen LogP contribution in [0.5, 0.6) is 0 Å². The number of nitrogens with one attached hydrogen (secondary N) is 2. The molecule has 2 bridgehead atoms. The topological polar surface area (TPSA) is 79.4 Å². The van der Waals surface area contributed by atoms with Crippen LogP contribution in [0.1, 0.15) is 30.1 Å². The van der Waals surface area contributed by atoms with Crippen molar-refractivity contribution in [3.8, 4) is 11.3 Å². The summed E-state index contributed by atoms with van der Waals surface area (Å²) in [6, 6.07) is 3.12. The molecule has 0 spiro atoms. The zero-order chi connectivity index (χ0) is 22.6. The average molecular weight is 455 g/mol. The number of halogens is 5. The molecule has 2 aromatic rings. The van der Waals surface area contributed by atoms with Gasteiger partial charge in [0, 0.05) is 36.9 Å². The van der Waals surface area contributed by atoms with Gasteiger partial charge < -0.3 is 15.0 Å². The standard InChI is InChI=1S/C20H18F5N5O2/c21-17(22)16-15-12(3-4-27-18(15)29-19(31)32-16)13-5-9(20(23,24)25)6-14(28-13)30-10-1-2-11(30)8-26-7-10/h3-6,10-11,16-17,26H,1-2,7-8H2,(H,27,29,31)/t10?,11?,16-/m1/s1. The summed E-state index contributed by atoms with van der Waals surface area (Å²) in [6.07, 6.45) is -7.99. The highest BCUT2D eigenvalue weighted by molar-refractivity contribution is 5.89. The summed E-state index contributed by atoms with van der Waals surface area (Å²) in [5.41, 5.74) is -1.29. The Morgan fingerprint density at radius 2 is 1.88 bits per heavy atom. The smallest absolute Gasteiger partial charge is 0.416 e. The zero-order valence-electron chi connectivity index (χ0n) is 16.5. The van der Waals surface area contributed by atoms with E-state index in [4.69, 9.17) is 4.74 Å². The quantitative estimate of drug-likeness (QED) is 0.682. The second kappa shape index (κ2) is 7.54. The van der Waals surface area contributed by atoms with Crippen LogP contribution in [0.4, 0.5) is 38.4 Å². The van der Waals surface area contributed by atoms with E-state index in [2.05, 4.69) is 20.6 Å². The molecule has 3 atom stereocenters. The molecule has 3 aliphatic heterocycles. The number of hydrogen-bond donors (Lipinski definition) is 2. The molecular formula is C20H18F5N5O2. The normalized spacial score (nSPS) is 24.9. The van der Waals surface area contributed by atoms with Crippen molar-refractivity contribution in [1.82, 2.24) is 15.3 Å². The number of fused-ring (bicyclic) bond motifs is 3. The SMILES string of the molecule is O=C1Nc2nccc(-c3cc(C(F)(F)F)cc(N4C5CCC4CNC5)n3)c2[C@H](C(F)F)O1. The van der Waals surface area contributed by atoms with E-state index in [-0.39, 0.29) is 40.5 Å². The lowest BCUT2D eigenvalue weighted by Crippen LogP contribution is -2.52. The molecule has 2 N–H and O–H groups in total. The monoisotopic (exact) mass is 455 g/mol. The summed E-state index contributed by atoms with van der Waals surface area (Å²) in [5, 5.41) is 5.49. The predicted octanol–water partition coefficient (Wildman–Crippen LogP) is 3.97. The molecule has 3 aliphatic rings. The first-order valence-electron chi connectivity index (χ1n) is 10.1. The molecule has 0 aliphatic carbocycles. The van der Waals surface area contributed by atoms with Crippen LogP contribution in [-0.4, -0.2) is 47.7 Å². The van der Waals surface area contributed by atoms with E-state index in [9.17, 15) is 26.7 Å². The van der Waals surface area contributed by atoms with Gasteiger partial charge in [0.15, 0.2) is 6.10 Å². The summed E-state index contributed by atoms with van der Waals surface area (Å²) >= 11 is 0. The number of carbonyl (C=O) groups is 1. The Bertz CT molecular complexity index is 1050. The Hall–Kier alpha value is -3.02. The summed E-state index contributed by atoms with van der Waals surface area (Å²) in [7, 11) is 0. The second-order valence-corrected chi connectivity index (χ2v) is 7.95. The van der Waals surface area contributed by atoms with Crippen molar-refractivity contribution >= 4 is 17.7 Å². The molecule has 0 saturated carbocycles. The molecule has 2 saturated heterocycles. The van der Waals surface area contributed by atoms with Crippen LogP contribution in [0.25, 0.3) is 11.3 Å². The lowest BCUT2D eigenvalue weighted by Gasteiger charge is -2.37. The van der Waals surface area contributed by atoms with Crippen molar-refractivity contribution < 1.29 is 31.5 Å². The lowest BCUT2D eigenvalue weighted by molar-refractivity contribution is -0.137. The van der Waals surface area contributed by atoms with Gasteiger partial charge in [0.2, 0.25) is 0 Å². The Morgan fingerprint density at radius 3 is 2.53 bits per heavy atom. The molecule has 1 amide bonds. The number of hydrogen-bond acceptors (Lipinski definition) is 6. The highest BCUT2D eigenvalue weighted by Gasteiger charge is 2.41. The molecule has 170 valence electrons. The third-order valence-corrected chi connectivity index (χ3v) is 6.02. The van der Waals surface area contributed by atoms with E-state index in [1.54, 1.807) is 0 Å². The van der Waals surface area contributed by atoms with Crippen LogP contribution in [0.15, 0.2) is 24.4 Å². The summed E-state index contributed by atoms with van der Waals surface area (Å²) < 4.78 is 73.3. The minimum Gasteiger partial charge on any atom is -0.435 e. The number of alkyl halides is 5. The highest BCUT2D eigenvalue weighted by atomic mass is 19.4. The van der Waals surface area contributed by atoms with E-state index in [0.29, 0.717) is 13.1 Å². The Kier molecular flexibility index (Phi) is 4.91. The van der Waals surface area contributed by atoms with Crippen LogP contribution >= 0.6 is 0 Å². The number of piperazine rings is 1. The first kappa shape index (κ1) is 20.9. The number of nitrogens with zero attached hydrogens (tertiary/aromatic N) is 3. The van der Waals surface area contributed by atoms with Crippen molar-refractivity contribution in [3.05, 3.63) is 35.5 Å². The number of anilines is 2. The van der Waals surface area contributed by atoms with Crippen LogP contribution in [0, 0.1) is 0 Å². The van der Waals surface area contributed by atoms with Gasteiger partial charge in [-0.15, -0.1) is 0 Å². The number of aromatic nitrogens is 2.